The Morgan fingerprint density at radius 1 is 1.08 bits per heavy atom. The minimum absolute atomic E-state index is 0.326. The number of imidazole rings is 1. The smallest absolute Gasteiger partial charge is 0.337 e. The van der Waals surface area contributed by atoms with Crippen LogP contribution in [0.2, 0.25) is 0 Å². The standard InChI is InChI=1S/C20H20N2O3/c1-24-20(23)17-9-7-16(8-10-17)15-22-13-12-21-19(22)11-14-25-18-5-3-2-4-6-18/h2-10,12-13H,11,14-15H2,1H3. The highest BCUT2D eigenvalue weighted by molar-refractivity contribution is 5.89. The summed E-state index contributed by atoms with van der Waals surface area (Å²) in [5, 5.41) is 0. The first kappa shape index (κ1) is 16.8. The molecule has 3 rings (SSSR count). The van der Waals surface area contributed by atoms with Crippen LogP contribution in [0.3, 0.4) is 0 Å². The van der Waals surface area contributed by atoms with Gasteiger partial charge in [0.2, 0.25) is 0 Å². The van der Waals surface area contributed by atoms with Crippen molar-refractivity contribution in [2.75, 3.05) is 13.7 Å². The summed E-state index contributed by atoms with van der Waals surface area (Å²) in [7, 11) is 1.38. The number of benzene rings is 2. The van der Waals surface area contributed by atoms with E-state index in [1.165, 1.54) is 7.11 Å². The number of esters is 1. The van der Waals surface area contributed by atoms with Crippen LogP contribution in [0.4, 0.5) is 0 Å². The first-order valence-electron chi connectivity index (χ1n) is 8.11. The van der Waals surface area contributed by atoms with E-state index in [-0.39, 0.29) is 5.97 Å². The Morgan fingerprint density at radius 3 is 2.56 bits per heavy atom. The number of nitrogens with zero attached hydrogens (tertiary/aromatic N) is 2. The molecule has 0 bridgehead atoms. The van der Waals surface area contributed by atoms with Crippen molar-refractivity contribution in [2.45, 2.75) is 13.0 Å². The summed E-state index contributed by atoms with van der Waals surface area (Å²) in [5.74, 6) is 1.50. The summed E-state index contributed by atoms with van der Waals surface area (Å²) in [6, 6.07) is 17.2. The topological polar surface area (TPSA) is 53.4 Å². The van der Waals surface area contributed by atoms with Crippen molar-refractivity contribution in [2.24, 2.45) is 0 Å². The Labute approximate surface area is 146 Å². The minimum atomic E-state index is -0.326. The molecule has 0 amide bonds. The van der Waals surface area contributed by atoms with Crippen molar-refractivity contribution in [3.05, 3.63) is 83.9 Å². The first-order chi connectivity index (χ1) is 12.3. The van der Waals surface area contributed by atoms with E-state index in [0.29, 0.717) is 18.7 Å². The third kappa shape index (κ3) is 4.47. The normalized spacial score (nSPS) is 10.4. The van der Waals surface area contributed by atoms with Crippen molar-refractivity contribution < 1.29 is 14.3 Å². The summed E-state index contributed by atoms with van der Waals surface area (Å²) in [6.45, 7) is 1.27. The number of para-hydroxylation sites is 1. The predicted molar refractivity (Wildman–Crippen MR) is 94.8 cm³/mol. The average Bonchev–Trinajstić information content (AvgIpc) is 3.09. The number of carbonyl (C=O) groups excluding carboxylic acids is 1. The SMILES string of the molecule is COC(=O)c1ccc(Cn2ccnc2CCOc2ccccc2)cc1. The number of methoxy groups -OCH3 is 1. The fourth-order valence-corrected chi connectivity index (χ4v) is 2.55. The molecule has 0 aliphatic carbocycles. The number of hydrogen-bond donors (Lipinski definition) is 0. The van der Waals surface area contributed by atoms with Crippen molar-refractivity contribution in [3.8, 4) is 5.75 Å². The molecule has 25 heavy (non-hydrogen) atoms. The molecule has 0 aliphatic rings. The fourth-order valence-electron chi connectivity index (χ4n) is 2.55. The van der Waals surface area contributed by atoms with Gasteiger partial charge in [-0.05, 0) is 29.8 Å². The van der Waals surface area contributed by atoms with Gasteiger partial charge >= 0.3 is 5.97 Å². The molecule has 0 aliphatic heterocycles. The third-order valence-corrected chi connectivity index (χ3v) is 3.87. The number of ether oxygens (including phenoxy) is 2. The van der Waals surface area contributed by atoms with Gasteiger partial charge in [0.1, 0.15) is 11.6 Å². The molecule has 0 spiro atoms. The van der Waals surface area contributed by atoms with Gasteiger partial charge in [-0.3, -0.25) is 0 Å². The van der Waals surface area contributed by atoms with Gasteiger partial charge < -0.3 is 14.0 Å². The number of hydrogen-bond acceptors (Lipinski definition) is 4. The third-order valence-electron chi connectivity index (χ3n) is 3.87. The Balaban J connectivity index is 1.59. The largest absolute Gasteiger partial charge is 0.493 e. The molecule has 1 aromatic heterocycles. The predicted octanol–water partition coefficient (Wildman–Crippen LogP) is 3.34. The van der Waals surface area contributed by atoms with Crippen LogP contribution in [0.5, 0.6) is 5.75 Å². The Hall–Kier alpha value is -3.08. The number of carbonyl (C=O) groups is 1. The molecule has 128 valence electrons. The molecular formula is C20H20N2O3. The van der Waals surface area contributed by atoms with Crippen molar-refractivity contribution >= 4 is 5.97 Å². The second-order valence-electron chi connectivity index (χ2n) is 5.57. The molecule has 3 aromatic rings. The summed E-state index contributed by atoms with van der Waals surface area (Å²) in [4.78, 5) is 15.9. The van der Waals surface area contributed by atoms with Gasteiger partial charge in [0.15, 0.2) is 0 Å². The maximum atomic E-state index is 11.5. The van der Waals surface area contributed by atoms with E-state index < -0.39 is 0 Å². The first-order valence-corrected chi connectivity index (χ1v) is 8.11. The lowest BCUT2D eigenvalue weighted by atomic mass is 10.1. The zero-order valence-electron chi connectivity index (χ0n) is 14.1. The zero-order valence-corrected chi connectivity index (χ0v) is 14.1. The van der Waals surface area contributed by atoms with Crippen LogP contribution in [-0.4, -0.2) is 29.2 Å². The molecule has 0 saturated carbocycles. The summed E-state index contributed by atoms with van der Waals surface area (Å²) in [6.07, 6.45) is 4.47. The lowest BCUT2D eigenvalue weighted by Crippen LogP contribution is -2.09. The van der Waals surface area contributed by atoms with Crippen LogP contribution in [0.25, 0.3) is 0 Å². The summed E-state index contributed by atoms with van der Waals surface area (Å²) >= 11 is 0. The van der Waals surface area contributed by atoms with Gasteiger partial charge in [-0.1, -0.05) is 30.3 Å². The highest BCUT2D eigenvalue weighted by Crippen LogP contribution is 2.11. The molecule has 5 nitrogen and oxygen atoms in total. The number of rotatable bonds is 7. The lowest BCUT2D eigenvalue weighted by Gasteiger charge is -2.10. The lowest BCUT2D eigenvalue weighted by molar-refractivity contribution is 0.0600. The highest BCUT2D eigenvalue weighted by atomic mass is 16.5. The molecule has 0 fully saturated rings. The Kier molecular flexibility index (Phi) is 5.46. The van der Waals surface area contributed by atoms with E-state index in [1.807, 2.05) is 48.7 Å². The van der Waals surface area contributed by atoms with Crippen LogP contribution in [-0.2, 0) is 17.7 Å². The van der Waals surface area contributed by atoms with E-state index in [2.05, 4.69) is 9.55 Å². The van der Waals surface area contributed by atoms with Crippen LogP contribution in [0.15, 0.2) is 67.0 Å². The molecule has 0 N–H and O–H groups in total. The Morgan fingerprint density at radius 2 is 1.84 bits per heavy atom. The van der Waals surface area contributed by atoms with Gasteiger partial charge in [0.25, 0.3) is 0 Å². The Bertz CT molecular complexity index is 810. The van der Waals surface area contributed by atoms with E-state index in [1.54, 1.807) is 18.3 Å². The van der Waals surface area contributed by atoms with Crippen molar-refractivity contribution in [3.63, 3.8) is 0 Å². The van der Waals surface area contributed by atoms with E-state index in [9.17, 15) is 4.79 Å². The fraction of sp³-hybridized carbons (Fsp3) is 0.200. The van der Waals surface area contributed by atoms with Gasteiger partial charge in [-0.25, -0.2) is 9.78 Å². The van der Waals surface area contributed by atoms with Gasteiger partial charge in [-0.2, -0.15) is 0 Å². The van der Waals surface area contributed by atoms with Crippen molar-refractivity contribution in [1.29, 1.82) is 0 Å². The molecule has 1 heterocycles. The summed E-state index contributed by atoms with van der Waals surface area (Å²) in [5.41, 5.74) is 1.64. The van der Waals surface area contributed by atoms with Crippen LogP contribution in [0.1, 0.15) is 21.7 Å². The van der Waals surface area contributed by atoms with Crippen LogP contribution in [0, 0.1) is 0 Å². The molecule has 2 aromatic carbocycles. The van der Waals surface area contributed by atoms with Crippen molar-refractivity contribution in [1.82, 2.24) is 9.55 Å². The van der Waals surface area contributed by atoms with Gasteiger partial charge in [0.05, 0.1) is 19.3 Å². The second-order valence-corrected chi connectivity index (χ2v) is 5.57. The van der Waals surface area contributed by atoms with E-state index in [4.69, 9.17) is 9.47 Å². The van der Waals surface area contributed by atoms with Crippen LogP contribution < -0.4 is 4.74 Å². The maximum Gasteiger partial charge on any atom is 0.337 e. The molecule has 0 atom stereocenters. The molecule has 5 heteroatoms. The van der Waals surface area contributed by atoms with E-state index >= 15 is 0 Å². The minimum Gasteiger partial charge on any atom is -0.493 e. The van der Waals surface area contributed by atoms with E-state index in [0.717, 1.165) is 23.6 Å². The van der Waals surface area contributed by atoms with Crippen LogP contribution >= 0.6 is 0 Å². The molecular weight excluding hydrogens is 316 g/mol. The monoisotopic (exact) mass is 336 g/mol. The maximum absolute atomic E-state index is 11.5. The van der Waals surface area contributed by atoms with Gasteiger partial charge in [0, 0.05) is 25.4 Å². The number of aromatic nitrogens is 2. The molecule has 0 radical (unpaired) electrons. The molecule has 0 saturated heterocycles. The quantitative estimate of drug-likeness (QED) is 0.621. The summed E-state index contributed by atoms with van der Waals surface area (Å²) < 4.78 is 12.5. The second kappa shape index (κ2) is 8.15. The van der Waals surface area contributed by atoms with Gasteiger partial charge in [-0.15, -0.1) is 0 Å². The average molecular weight is 336 g/mol. The highest BCUT2D eigenvalue weighted by Gasteiger charge is 2.07. The molecule has 0 unspecified atom stereocenters. The zero-order chi connectivity index (χ0) is 17.5.